The molecule has 5 heteroatoms. The van der Waals surface area contributed by atoms with E-state index in [9.17, 15) is 9.90 Å². The molecule has 96 valence electrons. The third-order valence-electron chi connectivity index (χ3n) is 2.72. The lowest BCUT2D eigenvalue weighted by Crippen LogP contribution is -2.41. The van der Waals surface area contributed by atoms with Crippen molar-refractivity contribution in [3.63, 3.8) is 0 Å². The zero-order valence-corrected chi connectivity index (χ0v) is 10.9. The Morgan fingerprint density at radius 2 is 2.29 bits per heavy atom. The second-order valence-electron chi connectivity index (χ2n) is 4.14. The third kappa shape index (κ3) is 4.46. The highest BCUT2D eigenvalue weighted by atomic mass is 32.1. The van der Waals surface area contributed by atoms with Crippen LogP contribution in [0, 0.1) is 0 Å². The Bertz CT molecular complexity index is 340. The molecular weight excluding hydrogens is 238 g/mol. The van der Waals surface area contributed by atoms with Crippen LogP contribution in [0.4, 0.5) is 0 Å². The van der Waals surface area contributed by atoms with Crippen LogP contribution >= 0.6 is 11.3 Å². The molecule has 1 aromatic rings. The van der Waals surface area contributed by atoms with Crippen LogP contribution in [-0.4, -0.2) is 28.3 Å². The number of aliphatic hydroxyl groups is 1. The third-order valence-corrected chi connectivity index (χ3v) is 3.66. The highest BCUT2D eigenvalue weighted by molar-refractivity contribution is 7.10. The minimum absolute atomic E-state index is 0.0800. The van der Waals surface area contributed by atoms with Crippen molar-refractivity contribution >= 4 is 17.3 Å². The van der Waals surface area contributed by atoms with E-state index in [0.717, 1.165) is 11.3 Å². The summed E-state index contributed by atoms with van der Waals surface area (Å²) >= 11 is 1.44. The fourth-order valence-corrected chi connectivity index (χ4v) is 2.37. The van der Waals surface area contributed by atoms with Gasteiger partial charge in [-0.3, -0.25) is 4.79 Å². The lowest BCUT2D eigenvalue weighted by Gasteiger charge is -2.25. The Balaban J connectivity index is 2.71. The number of carbonyl (C=O) groups is 1. The molecule has 3 unspecified atom stereocenters. The van der Waals surface area contributed by atoms with Gasteiger partial charge in [0, 0.05) is 17.0 Å². The molecule has 0 fully saturated rings. The lowest BCUT2D eigenvalue weighted by molar-refractivity contribution is -0.138. The minimum atomic E-state index is -0.901. The first-order valence-electron chi connectivity index (χ1n) is 5.73. The van der Waals surface area contributed by atoms with Crippen molar-refractivity contribution in [1.29, 1.82) is 0 Å². The van der Waals surface area contributed by atoms with Gasteiger partial charge in [-0.15, -0.1) is 11.3 Å². The van der Waals surface area contributed by atoms with Gasteiger partial charge in [-0.25, -0.2) is 0 Å². The molecule has 3 N–H and O–H groups in total. The standard InChI is InChI=1S/C12H19NO3S/c1-3-8(2)13-9(7-11(14)15)12(16)10-5-4-6-17-10/h4-6,8-9,12-13,16H,3,7H2,1-2H3,(H,14,15). The first-order valence-corrected chi connectivity index (χ1v) is 6.61. The molecular formula is C12H19NO3S. The van der Waals surface area contributed by atoms with E-state index in [4.69, 9.17) is 5.11 Å². The molecule has 3 atom stereocenters. The predicted octanol–water partition coefficient (Wildman–Crippen LogP) is 2.01. The molecule has 0 radical (unpaired) electrons. The SMILES string of the molecule is CCC(C)NC(CC(=O)O)C(O)c1cccs1. The van der Waals surface area contributed by atoms with Gasteiger partial charge in [-0.1, -0.05) is 13.0 Å². The van der Waals surface area contributed by atoms with Crippen LogP contribution in [0.1, 0.15) is 37.7 Å². The number of hydrogen-bond acceptors (Lipinski definition) is 4. The summed E-state index contributed by atoms with van der Waals surface area (Å²) in [6.45, 7) is 4.00. The normalized spacial score (nSPS) is 16.4. The zero-order valence-electron chi connectivity index (χ0n) is 10.1. The molecule has 0 aromatic carbocycles. The van der Waals surface area contributed by atoms with Gasteiger partial charge in [0.15, 0.2) is 0 Å². The van der Waals surface area contributed by atoms with Crippen molar-refractivity contribution < 1.29 is 15.0 Å². The molecule has 0 bridgehead atoms. The van der Waals surface area contributed by atoms with Gasteiger partial charge in [0.25, 0.3) is 0 Å². The zero-order chi connectivity index (χ0) is 12.8. The van der Waals surface area contributed by atoms with Gasteiger partial charge in [0.05, 0.1) is 6.42 Å². The largest absolute Gasteiger partial charge is 0.481 e. The molecule has 0 saturated carbocycles. The summed E-state index contributed by atoms with van der Waals surface area (Å²) in [7, 11) is 0. The number of rotatable bonds is 7. The molecule has 0 aliphatic carbocycles. The Labute approximate surface area is 105 Å². The second-order valence-corrected chi connectivity index (χ2v) is 5.12. The minimum Gasteiger partial charge on any atom is -0.481 e. The van der Waals surface area contributed by atoms with Gasteiger partial charge in [0.2, 0.25) is 0 Å². The van der Waals surface area contributed by atoms with E-state index >= 15 is 0 Å². The summed E-state index contributed by atoms with van der Waals surface area (Å²) in [5.74, 6) is -0.901. The molecule has 4 nitrogen and oxygen atoms in total. The van der Waals surface area contributed by atoms with E-state index in [-0.39, 0.29) is 12.5 Å². The monoisotopic (exact) mass is 257 g/mol. The summed E-state index contributed by atoms with van der Waals surface area (Å²) in [4.78, 5) is 11.6. The Kier molecular flexibility index (Phi) is 5.61. The molecule has 0 saturated heterocycles. The maximum atomic E-state index is 10.8. The lowest BCUT2D eigenvalue weighted by atomic mass is 10.0. The number of carboxylic acids is 1. The summed E-state index contributed by atoms with van der Waals surface area (Å²) < 4.78 is 0. The fourth-order valence-electron chi connectivity index (χ4n) is 1.59. The van der Waals surface area contributed by atoms with Gasteiger partial charge < -0.3 is 15.5 Å². The van der Waals surface area contributed by atoms with Crippen molar-refractivity contribution in [3.05, 3.63) is 22.4 Å². The summed E-state index contributed by atoms with van der Waals surface area (Å²) in [6.07, 6.45) is 0.0524. The maximum absolute atomic E-state index is 10.8. The van der Waals surface area contributed by atoms with Gasteiger partial charge >= 0.3 is 5.97 Å². The number of carboxylic acid groups (broad SMARTS) is 1. The molecule has 0 amide bonds. The highest BCUT2D eigenvalue weighted by Crippen LogP contribution is 2.24. The van der Waals surface area contributed by atoms with E-state index in [1.165, 1.54) is 11.3 Å². The smallest absolute Gasteiger partial charge is 0.305 e. The van der Waals surface area contributed by atoms with Gasteiger partial charge in [-0.2, -0.15) is 0 Å². The van der Waals surface area contributed by atoms with Crippen LogP contribution in [0.3, 0.4) is 0 Å². The molecule has 0 spiro atoms. The van der Waals surface area contributed by atoms with Crippen LogP contribution < -0.4 is 5.32 Å². The number of aliphatic carboxylic acids is 1. The van der Waals surface area contributed by atoms with Crippen molar-refractivity contribution in [2.24, 2.45) is 0 Å². The van der Waals surface area contributed by atoms with E-state index in [1.54, 1.807) is 0 Å². The van der Waals surface area contributed by atoms with Gasteiger partial charge in [-0.05, 0) is 24.8 Å². The number of thiophene rings is 1. The maximum Gasteiger partial charge on any atom is 0.305 e. The average molecular weight is 257 g/mol. The summed E-state index contributed by atoms with van der Waals surface area (Å²) in [6, 6.07) is 3.42. The van der Waals surface area contributed by atoms with Crippen LogP contribution in [0.15, 0.2) is 17.5 Å². The highest BCUT2D eigenvalue weighted by Gasteiger charge is 2.25. The summed E-state index contributed by atoms with van der Waals surface area (Å²) in [5.41, 5.74) is 0. The van der Waals surface area contributed by atoms with E-state index < -0.39 is 18.1 Å². The number of nitrogens with one attached hydrogen (secondary N) is 1. The first-order chi connectivity index (χ1) is 8.04. The molecule has 1 heterocycles. The topological polar surface area (TPSA) is 69.6 Å². The fraction of sp³-hybridized carbons (Fsp3) is 0.583. The molecule has 17 heavy (non-hydrogen) atoms. The summed E-state index contributed by atoms with van der Waals surface area (Å²) in [5, 5.41) is 24.1. The number of hydrogen-bond donors (Lipinski definition) is 3. The van der Waals surface area contributed by atoms with Gasteiger partial charge in [0.1, 0.15) is 6.10 Å². The average Bonchev–Trinajstić information content (AvgIpc) is 2.79. The van der Waals surface area contributed by atoms with E-state index in [2.05, 4.69) is 5.32 Å². The van der Waals surface area contributed by atoms with Crippen LogP contribution in [0.2, 0.25) is 0 Å². The van der Waals surface area contributed by atoms with Crippen molar-refractivity contribution in [1.82, 2.24) is 5.32 Å². The quantitative estimate of drug-likeness (QED) is 0.699. The molecule has 1 aromatic heterocycles. The number of aliphatic hydroxyl groups excluding tert-OH is 1. The molecule has 0 aliphatic heterocycles. The van der Waals surface area contributed by atoms with Crippen molar-refractivity contribution in [2.75, 3.05) is 0 Å². The molecule has 0 aliphatic rings. The Morgan fingerprint density at radius 1 is 1.59 bits per heavy atom. The van der Waals surface area contributed by atoms with Crippen LogP contribution in [0.25, 0.3) is 0 Å². The van der Waals surface area contributed by atoms with Crippen molar-refractivity contribution in [2.45, 2.75) is 44.9 Å². The molecule has 1 rings (SSSR count). The predicted molar refractivity (Wildman–Crippen MR) is 68.2 cm³/mol. The van der Waals surface area contributed by atoms with Crippen LogP contribution in [-0.2, 0) is 4.79 Å². The second kappa shape index (κ2) is 6.74. The van der Waals surface area contributed by atoms with E-state index in [0.29, 0.717) is 0 Å². The Hall–Kier alpha value is -0.910. The van der Waals surface area contributed by atoms with Crippen molar-refractivity contribution in [3.8, 4) is 0 Å². The van der Waals surface area contributed by atoms with E-state index in [1.807, 2.05) is 31.4 Å². The van der Waals surface area contributed by atoms with Crippen LogP contribution in [0.5, 0.6) is 0 Å². The Morgan fingerprint density at radius 3 is 2.76 bits per heavy atom. The first kappa shape index (κ1) is 14.2.